The lowest BCUT2D eigenvalue weighted by Gasteiger charge is -2.18. The van der Waals surface area contributed by atoms with Crippen LogP contribution in [0.1, 0.15) is 6.92 Å². The van der Waals surface area contributed by atoms with Crippen molar-refractivity contribution in [1.29, 1.82) is 0 Å². The van der Waals surface area contributed by atoms with Gasteiger partial charge in [0.2, 0.25) is 5.91 Å². The molecule has 0 fully saturated rings. The normalized spacial score (nSPS) is 9.62. The summed E-state index contributed by atoms with van der Waals surface area (Å²) < 4.78 is 0. The number of carbonyl (C=O) groups excluding carboxylic acids is 2. The van der Waals surface area contributed by atoms with Gasteiger partial charge >= 0.3 is 6.03 Å². The third kappa shape index (κ3) is 3.28. The van der Waals surface area contributed by atoms with E-state index in [1.165, 1.54) is 25.5 Å². The van der Waals surface area contributed by atoms with Crippen LogP contribution in [0.4, 0.5) is 10.6 Å². The Labute approximate surface area is 92.7 Å². The van der Waals surface area contributed by atoms with Gasteiger partial charge in [-0.1, -0.05) is 0 Å². The fourth-order valence-corrected chi connectivity index (χ4v) is 1.07. The van der Waals surface area contributed by atoms with E-state index in [0.717, 1.165) is 4.90 Å². The number of urea groups is 1. The minimum absolute atomic E-state index is 0.168. The zero-order chi connectivity index (χ0) is 12.0. The lowest BCUT2D eigenvalue weighted by Crippen LogP contribution is -2.41. The van der Waals surface area contributed by atoms with Crippen molar-refractivity contribution in [3.63, 3.8) is 0 Å². The molecule has 16 heavy (non-hydrogen) atoms. The summed E-state index contributed by atoms with van der Waals surface area (Å²) in [6, 6.07) is -0.557. The van der Waals surface area contributed by atoms with Crippen molar-refractivity contribution in [3.05, 3.63) is 18.6 Å². The topological polar surface area (TPSA) is 101 Å². The third-order valence-corrected chi connectivity index (χ3v) is 1.78. The third-order valence-electron chi connectivity index (χ3n) is 1.78. The summed E-state index contributed by atoms with van der Waals surface area (Å²) in [5.74, 6) is -0.0809. The van der Waals surface area contributed by atoms with Crippen molar-refractivity contribution in [2.24, 2.45) is 5.73 Å². The first kappa shape index (κ1) is 12.1. The predicted octanol–water partition coefficient (Wildman–Crippen LogP) is -0.184. The van der Waals surface area contributed by atoms with E-state index in [-0.39, 0.29) is 24.8 Å². The number of aromatic nitrogens is 2. The van der Waals surface area contributed by atoms with Gasteiger partial charge in [-0.15, -0.1) is 0 Å². The van der Waals surface area contributed by atoms with Gasteiger partial charge < -0.3 is 5.73 Å². The average molecular weight is 223 g/mol. The molecule has 1 heterocycles. The quantitative estimate of drug-likeness (QED) is 0.739. The van der Waals surface area contributed by atoms with Crippen LogP contribution in [-0.2, 0) is 4.79 Å². The van der Waals surface area contributed by atoms with Gasteiger partial charge in [-0.3, -0.25) is 20.0 Å². The van der Waals surface area contributed by atoms with E-state index in [4.69, 9.17) is 5.73 Å². The fourth-order valence-electron chi connectivity index (χ4n) is 1.07. The van der Waals surface area contributed by atoms with Crippen LogP contribution < -0.4 is 11.1 Å². The van der Waals surface area contributed by atoms with Crippen LogP contribution in [0.3, 0.4) is 0 Å². The van der Waals surface area contributed by atoms with Gasteiger partial charge in [0.1, 0.15) is 0 Å². The van der Waals surface area contributed by atoms with Gasteiger partial charge in [0, 0.05) is 32.4 Å². The summed E-state index contributed by atoms with van der Waals surface area (Å²) >= 11 is 0. The number of nitrogens with one attached hydrogen (secondary N) is 1. The summed E-state index contributed by atoms with van der Waals surface area (Å²) in [4.78, 5) is 31.4. The molecule has 0 atom stereocenters. The van der Waals surface area contributed by atoms with E-state index in [1.807, 2.05) is 0 Å². The number of nitrogens with two attached hydrogens (primary N) is 1. The van der Waals surface area contributed by atoms with Crippen molar-refractivity contribution in [2.45, 2.75) is 6.92 Å². The maximum absolute atomic E-state index is 11.6. The molecule has 1 aromatic heterocycles. The Balaban J connectivity index is 2.66. The molecule has 3 N–H and O–H groups in total. The van der Waals surface area contributed by atoms with E-state index >= 15 is 0 Å². The molecule has 0 aliphatic carbocycles. The fraction of sp³-hybridized carbons (Fsp3) is 0.333. The van der Waals surface area contributed by atoms with Crippen LogP contribution in [0.5, 0.6) is 0 Å². The summed E-state index contributed by atoms with van der Waals surface area (Å²) in [5, 5.41) is 2.45. The van der Waals surface area contributed by atoms with Crippen LogP contribution >= 0.6 is 0 Å². The Morgan fingerprint density at radius 2 is 2.25 bits per heavy atom. The largest absolute Gasteiger partial charge is 0.329 e. The van der Waals surface area contributed by atoms with E-state index in [0.29, 0.717) is 0 Å². The van der Waals surface area contributed by atoms with Crippen molar-refractivity contribution >= 4 is 17.8 Å². The average Bonchev–Trinajstić information content (AvgIpc) is 2.26. The highest BCUT2D eigenvalue weighted by molar-refractivity contribution is 5.99. The molecule has 1 rings (SSSR count). The Bertz CT molecular complexity index is 367. The highest BCUT2D eigenvalue weighted by Gasteiger charge is 2.17. The molecule has 86 valence electrons. The first-order chi connectivity index (χ1) is 7.65. The predicted molar refractivity (Wildman–Crippen MR) is 57.5 cm³/mol. The number of carbonyl (C=O) groups is 2. The number of hydrogen-bond donors (Lipinski definition) is 2. The van der Waals surface area contributed by atoms with Gasteiger partial charge in [-0.25, -0.2) is 9.78 Å². The number of hydrogen-bond acceptors (Lipinski definition) is 5. The second-order valence-corrected chi connectivity index (χ2v) is 2.98. The number of nitrogens with zero attached hydrogens (tertiary/aromatic N) is 3. The Hall–Kier alpha value is -2.02. The van der Waals surface area contributed by atoms with Gasteiger partial charge in [-0.2, -0.15) is 0 Å². The lowest BCUT2D eigenvalue weighted by molar-refractivity contribution is -0.125. The molecule has 0 aromatic carbocycles. The number of amides is 3. The molecule has 0 spiro atoms. The van der Waals surface area contributed by atoms with E-state index in [9.17, 15) is 9.59 Å². The molecule has 0 aliphatic heterocycles. The molecule has 1 aromatic rings. The maximum Gasteiger partial charge on any atom is 0.329 e. The van der Waals surface area contributed by atoms with E-state index in [1.54, 1.807) is 0 Å². The maximum atomic E-state index is 11.6. The summed E-state index contributed by atoms with van der Waals surface area (Å²) in [5.41, 5.74) is 5.30. The van der Waals surface area contributed by atoms with Gasteiger partial charge in [-0.05, 0) is 0 Å². The van der Waals surface area contributed by atoms with Crippen LogP contribution in [-0.4, -0.2) is 39.9 Å². The monoisotopic (exact) mass is 223 g/mol. The minimum Gasteiger partial charge on any atom is -0.329 e. The second-order valence-electron chi connectivity index (χ2n) is 2.98. The minimum atomic E-state index is -0.557. The number of imide groups is 1. The molecule has 0 radical (unpaired) electrons. The summed E-state index contributed by atoms with van der Waals surface area (Å²) in [6.07, 6.45) is 4.31. The summed E-state index contributed by atoms with van der Waals surface area (Å²) in [7, 11) is 0. The smallest absolute Gasteiger partial charge is 0.329 e. The van der Waals surface area contributed by atoms with Crippen LogP contribution in [0, 0.1) is 0 Å². The standard InChI is InChI=1S/C9H13N5O2/c1-7(15)14(5-2-10)9(16)13-8-6-11-3-4-12-8/h3-4,6H,2,5,10H2,1H3,(H,12,13,16). The van der Waals surface area contributed by atoms with Crippen molar-refractivity contribution in [3.8, 4) is 0 Å². The first-order valence-electron chi connectivity index (χ1n) is 4.70. The highest BCUT2D eigenvalue weighted by Crippen LogP contribution is 2.00. The SMILES string of the molecule is CC(=O)N(CCN)C(=O)Nc1cnccn1. The molecule has 7 nitrogen and oxygen atoms in total. The lowest BCUT2D eigenvalue weighted by atomic mass is 10.5. The highest BCUT2D eigenvalue weighted by atomic mass is 16.2. The van der Waals surface area contributed by atoms with Gasteiger partial charge in [0.25, 0.3) is 0 Å². The van der Waals surface area contributed by atoms with Crippen LogP contribution in [0.15, 0.2) is 18.6 Å². The van der Waals surface area contributed by atoms with Gasteiger partial charge in [0.05, 0.1) is 6.20 Å². The first-order valence-corrected chi connectivity index (χ1v) is 4.70. The van der Waals surface area contributed by atoms with Crippen molar-refractivity contribution in [2.75, 3.05) is 18.4 Å². The molecule has 0 saturated carbocycles. The second kappa shape index (κ2) is 5.76. The van der Waals surface area contributed by atoms with Crippen molar-refractivity contribution in [1.82, 2.24) is 14.9 Å². The Kier molecular flexibility index (Phi) is 4.34. The van der Waals surface area contributed by atoms with Crippen LogP contribution in [0.25, 0.3) is 0 Å². The van der Waals surface area contributed by atoms with Crippen molar-refractivity contribution < 1.29 is 9.59 Å². The molecule has 0 bridgehead atoms. The zero-order valence-corrected chi connectivity index (χ0v) is 8.88. The van der Waals surface area contributed by atoms with Gasteiger partial charge in [0.15, 0.2) is 5.82 Å². The molecular formula is C9H13N5O2. The Morgan fingerprint density at radius 1 is 1.50 bits per heavy atom. The zero-order valence-electron chi connectivity index (χ0n) is 8.88. The molecule has 0 unspecified atom stereocenters. The molecule has 7 heteroatoms. The molecule has 0 aliphatic rings. The number of rotatable bonds is 3. The Morgan fingerprint density at radius 3 is 2.75 bits per heavy atom. The number of anilines is 1. The van der Waals surface area contributed by atoms with E-state index in [2.05, 4.69) is 15.3 Å². The molecule has 0 saturated heterocycles. The molecular weight excluding hydrogens is 210 g/mol. The molecule has 3 amide bonds. The summed E-state index contributed by atoms with van der Waals surface area (Å²) in [6.45, 7) is 1.68. The van der Waals surface area contributed by atoms with E-state index < -0.39 is 6.03 Å². The van der Waals surface area contributed by atoms with Crippen LogP contribution in [0.2, 0.25) is 0 Å².